The molecule has 2 fully saturated rings. The van der Waals surface area contributed by atoms with Gasteiger partial charge in [-0.1, -0.05) is 13.8 Å². The van der Waals surface area contributed by atoms with Crippen LogP contribution in [0, 0.1) is 23.7 Å². The van der Waals surface area contributed by atoms with E-state index in [9.17, 15) is 0 Å². The van der Waals surface area contributed by atoms with E-state index in [2.05, 4.69) is 13.8 Å². The first-order chi connectivity index (χ1) is 4.77. The van der Waals surface area contributed by atoms with Gasteiger partial charge in [-0.15, -0.1) is 0 Å². The van der Waals surface area contributed by atoms with Crippen LogP contribution < -0.4 is 0 Å². The van der Waals surface area contributed by atoms with Crippen LogP contribution in [0.1, 0.15) is 39.5 Å². The highest BCUT2D eigenvalue weighted by atomic mass is 14.4. The zero-order valence-electron chi connectivity index (χ0n) is 7.14. The van der Waals surface area contributed by atoms with Crippen LogP contribution in [0.4, 0.5) is 0 Å². The van der Waals surface area contributed by atoms with Gasteiger partial charge in [0.05, 0.1) is 0 Å². The first-order valence-electron chi connectivity index (χ1n) is 4.77. The van der Waals surface area contributed by atoms with Gasteiger partial charge in [0, 0.05) is 0 Å². The molecule has 0 spiro atoms. The van der Waals surface area contributed by atoms with Crippen molar-refractivity contribution < 1.29 is 0 Å². The van der Waals surface area contributed by atoms with Crippen molar-refractivity contribution in [2.24, 2.45) is 23.7 Å². The lowest BCUT2D eigenvalue weighted by molar-refractivity contribution is 0.370. The van der Waals surface area contributed by atoms with Crippen LogP contribution in [0.15, 0.2) is 0 Å². The highest BCUT2D eigenvalue weighted by Gasteiger charge is 2.39. The molecule has 0 aromatic carbocycles. The molecule has 2 rings (SSSR count). The van der Waals surface area contributed by atoms with Crippen LogP contribution in [-0.2, 0) is 0 Å². The van der Waals surface area contributed by atoms with E-state index >= 15 is 0 Å². The molecule has 2 aliphatic carbocycles. The molecule has 0 N–H and O–H groups in total. The fraction of sp³-hybridized carbons (Fsp3) is 1.00. The number of rotatable bonds is 1. The molecule has 0 heterocycles. The monoisotopic (exact) mass is 138 g/mol. The summed E-state index contributed by atoms with van der Waals surface area (Å²) < 4.78 is 0. The molecule has 2 saturated carbocycles. The third kappa shape index (κ3) is 1.09. The van der Waals surface area contributed by atoms with E-state index in [0.717, 1.165) is 23.7 Å². The Bertz CT molecular complexity index is 124. The average Bonchev–Trinajstić information content (AvgIpc) is 2.61. The molecular formula is C10H18. The van der Waals surface area contributed by atoms with Crippen molar-refractivity contribution in [2.45, 2.75) is 39.5 Å². The van der Waals surface area contributed by atoms with Crippen molar-refractivity contribution in [3.8, 4) is 0 Å². The molecule has 2 aliphatic rings. The number of hydrogen-bond acceptors (Lipinski definition) is 0. The van der Waals surface area contributed by atoms with Crippen molar-refractivity contribution in [3.05, 3.63) is 0 Å². The largest absolute Gasteiger partial charge is 0.0625 e. The van der Waals surface area contributed by atoms with E-state index in [-0.39, 0.29) is 0 Å². The topological polar surface area (TPSA) is 0 Å². The van der Waals surface area contributed by atoms with Crippen LogP contribution in [0.3, 0.4) is 0 Å². The van der Waals surface area contributed by atoms with Gasteiger partial charge in [-0.25, -0.2) is 0 Å². The zero-order chi connectivity index (χ0) is 7.14. The second-order valence-electron chi connectivity index (χ2n) is 4.56. The first kappa shape index (κ1) is 6.69. The Labute approximate surface area is 64.0 Å². The van der Waals surface area contributed by atoms with E-state index in [0.29, 0.717) is 0 Å². The summed E-state index contributed by atoms with van der Waals surface area (Å²) >= 11 is 0. The highest BCUT2D eigenvalue weighted by Crippen LogP contribution is 2.49. The third-order valence-electron chi connectivity index (χ3n) is 3.41. The lowest BCUT2D eigenvalue weighted by atomic mass is 9.93. The number of hydrogen-bond donors (Lipinski definition) is 0. The van der Waals surface area contributed by atoms with E-state index < -0.39 is 0 Å². The maximum Gasteiger partial charge on any atom is -0.0357 e. The van der Waals surface area contributed by atoms with Gasteiger partial charge in [-0.05, 0) is 49.4 Å². The minimum absolute atomic E-state index is 1.03. The van der Waals surface area contributed by atoms with Crippen molar-refractivity contribution in [3.63, 3.8) is 0 Å². The Kier molecular flexibility index (Phi) is 1.51. The van der Waals surface area contributed by atoms with Gasteiger partial charge in [0.25, 0.3) is 0 Å². The molecule has 0 aromatic rings. The second-order valence-corrected chi connectivity index (χ2v) is 4.56. The quantitative estimate of drug-likeness (QED) is 0.522. The second kappa shape index (κ2) is 2.25. The normalized spacial score (nSPS) is 48.0. The first-order valence-corrected chi connectivity index (χ1v) is 4.77. The van der Waals surface area contributed by atoms with Crippen LogP contribution in [-0.4, -0.2) is 0 Å². The maximum atomic E-state index is 2.45. The van der Waals surface area contributed by atoms with E-state index in [4.69, 9.17) is 0 Å². The summed E-state index contributed by atoms with van der Waals surface area (Å²) in [6.07, 6.45) is 6.12. The molecule has 0 heteroatoms. The molecular weight excluding hydrogens is 120 g/mol. The zero-order valence-corrected chi connectivity index (χ0v) is 7.14. The lowest BCUT2D eigenvalue weighted by Gasteiger charge is -2.12. The van der Waals surface area contributed by atoms with Gasteiger partial charge in [-0.2, -0.15) is 0 Å². The summed E-state index contributed by atoms with van der Waals surface area (Å²) in [4.78, 5) is 0. The van der Waals surface area contributed by atoms with Crippen molar-refractivity contribution in [1.82, 2.24) is 0 Å². The third-order valence-corrected chi connectivity index (χ3v) is 3.41. The van der Waals surface area contributed by atoms with E-state index in [1.807, 2.05) is 0 Å². The van der Waals surface area contributed by atoms with Gasteiger partial charge < -0.3 is 0 Å². The van der Waals surface area contributed by atoms with E-state index in [1.54, 1.807) is 12.8 Å². The predicted octanol–water partition coefficient (Wildman–Crippen LogP) is 3.08. The summed E-state index contributed by atoms with van der Waals surface area (Å²) in [5.74, 6) is 4.35. The molecule has 0 aromatic heterocycles. The Morgan fingerprint density at radius 2 is 1.70 bits per heavy atom. The average molecular weight is 138 g/mol. The lowest BCUT2D eigenvalue weighted by Crippen LogP contribution is -2.05. The predicted molar refractivity (Wildman–Crippen MR) is 43.8 cm³/mol. The van der Waals surface area contributed by atoms with Gasteiger partial charge in [0.1, 0.15) is 0 Å². The Morgan fingerprint density at radius 3 is 2.10 bits per heavy atom. The van der Waals surface area contributed by atoms with Crippen LogP contribution in [0.25, 0.3) is 0 Å². The minimum atomic E-state index is 1.03. The summed E-state index contributed by atoms with van der Waals surface area (Å²) in [6, 6.07) is 0. The maximum absolute atomic E-state index is 2.45. The summed E-state index contributed by atoms with van der Waals surface area (Å²) in [5.41, 5.74) is 0. The summed E-state index contributed by atoms with van der Waals surface area (Å²) in [6.45, 7) is 4.87. The molecule has 0 saturated heterocycles. The SMILES string of the molecule is CC1CC(C)C(C2CC2)C1. The standard InChI is InChI=1S/C10H18/c1-7-5-8(2)10(6-7)9-3-4-9/h7-10H,3-6H2,1-2H3. The fourth-order valence-electron chi connectivity index (χ4n) is 2.78. The van der Waals surface area contributed by atoms with E-state index in [1.165, 1.54) is 12.8 Å². The van der Waals surface area contributed by atoms with Crippen LogP contribution in [0.5, 0.6) is 0 Å². The van der Waals surface area contributed by atoms with Crippen LogP contribution in [0.2, 0.25) is 0 Å². The Balaban J connectivity index is 1.95. The van der Waals surface area contributed by atoms with Gasteiger partial charge in [0.2, 0.25) is 0 Å². The highest BCUT2D eigenvalue weighted by molar-refractivity contribution is 4.89. The molecule has 10 heavy (non-hydrogen) atoms. The van der Waals surface area contributed by atoms with Crippen molar-refractivity contribution >= 4 is 0 Å². The molecule has 0 aliphatic heterocycles. The smallest absolute Gasteiger partial charge is 0.0357 e. The molecule has 0 bridgehead atoms. The fourth-order valence-corrected chi connectivity index (χ4v) is 2.78. The summed E-state index contributed by atoms with van der Waals surface area (Å²) in [5, 5.41) is 0. The molecule has 0 nitrogen and oxygen atoms in total. The summed E-state index contributed by atoms with van der Waals surface area (Å²) in [7, 11) is 0. The van der Waals surface area contributed by atoms with Gasteiger partial charge >= 0.3 is 0 Å². The van der Waals surface area contributed by atoms with Gasteiger partial charge in [-0.3, -0.25) is 0 Å². The van der Waals surface area contributed by atoms with Crippen LogP contribution >= 0.6 is 0 Å². The Morgan fingerprint density at radius 1 is 1.00 bits per heavy atom. The molecule has 3 unspecified atom stereocenters. The molecule has 0 amide bonds. The minimum Gasteiger partial charge on any atom is -0.0625 e. The Hall–Kier alpha value is 0. The van der Waals surface area contributed by atoms with Crippen molar-refractivity contribution in [1.29, 1.82) is 0 Å². The molecule has 58 valence electrons. The van der Waals surface area contributed by atoms with Crippen molar-refractivity contribution in [2.75, 3.05) is 0 Å². The molecule has 0 radical (unpaired) electrons. The molecule has 3 atom stereocenters. The van der Waals surface area contributed by atoms with Gasteiger partial charge in [0.15, 0.2) is 0 Å².